The van der Waals surface area contributed by atoms with Gasteiger partial charge < -0.3 is 15.8 Å². The Morgan fingerprint density at radius 2 is 2.00 bits per heavy atom. The Kier molecular flexibility index (Phi) is 5.70. The second-order valence-electron chi connectivity index (χ2n) is 5.40. The van der Waals surface area contributed by atoms with Gasteiger partial charge in [-0.15, -0.1) is 0 Å². The van der Waals surface area contributed by atoms with Crippen LogP contribution < -0.4 is 11.1 Å². The SMILES string of the molecule is CC(C)(C)OC(=O)NC(/C=C/c1ccc(F)cc1)CN. The fourth-order valence-electron chi connectivity index (χ4n) is 1.45. The number of nitrogens with one attached hydrogen (secondary N) is 1. The molecule has 1 amide bonds. The van der Waals surface area contributed by atoms with Crippen LogP contribution in [0.25, 0.3) is 6.08 Å². The highest BCUT2D eigenvalue weighted by Crippen LogP contribution is 2.08. The van der Waals surface area contributed by atoms with Gasteiger partial charge in [0.05, 0.1) is 6.04 Å². The second kappa shape index (κ2) is 7.05. The van der Waals surface area contributed by atoms with E-state index in [1.54, 1.807) is 45.1 Å². The number of alkyl carbamates (subject to hydrolysis) is 1. The fourth-order valence-corrected chi connectivity index (χ4v) is 1.45. The second-order valence-corrected chi connectivity index (χ2v) is 5.40. The third kappa shape index (κ3) is 6.33. The number of ether oxygens (including phenoxy) is 1. The number of hydrogen-bond acceptors (Lipinski definition) is 3. The van der Waals surface area contributed by atoms with Crippen LogP contribution in [0, 0.1) is 5.82 Å². The summed E-state index contributed by atoms with van der Waals surface area (Å²) in [6.45, 7) is 5.62. The van der Waals surface area contributed by atoms with Crippen LogP contribution in [0.2, 0.25) is 0 Å². The van der Waals surface area contributed by atoms with Crippen molar-refractivity contribution in [2.24, 2.45) is 5.73 Å². The van der Waals surface area contributed by atoms with E-state index in [1.807, 2.05) is 0 Å². The van der Waals surface area contributed by atoms with Gasteiger partial charge in [0.25, 0.3) is 0 Å². The van der Waals surface area contributed by atoms with Crippen molar-refractivity contribution >= 4 is 12.2 Å². The van der Waals surface area contributed by atoms with Crippen LogP contribution in [0.15, 0.2) is 30.3 Å². The van der Waals surface area contributed by atoms with Gasteiger partial charge in [0.1, 0.15) is 11.4 Å². The van der Waals surface area contributed by atoms with Gasteiger partial charge in [0, 0.05) is 6.54 Å². The molecule has 0 fully saturated rings. The van der Waals surface area contributed by atoms with Crippen LogP contribution in [0.4, 0.5) is 9.18 Å². The van der Waals surface area contributed by atoms with Crippen molar-refractivity contribution in [3.63, 3.8) is 0 Å². The number of amides is 1. The molecule has 0 saturated carbocycles. The maximum absolute atomic E-state index is 12.8. The van der Waals surface area contributed by atoms with E-state index in [0.717, 1.165) is 5.56 Å². The molecule has 1 atom stereocenters. The number of hydrogen-bond donors (Lipinski definition) is 2. The van der Waals surface area contributed by atoms with Crippen LogP contribution in [0.1, 0.15) is 26.3 Å². The summed E-state index contributed by atoms with van der Waals surface area (Å²) in [7, 11) is 0. The van der Waals surface area contributed by atoms with E-state index in [4.69, 9.17) is 10.5 Å². The number of benzene rings is 1. The van der Waals surface area contributed by atoms with Crippen LogP contribution in [-0.2, 0) is 4.74 Å². The van der Waals surface area contributed by atoms with E-state index in [1.165, 1.54) is 12.1 Å². The first-order valence-electron chi connectivity index (χ1n) is 6.43. The molecular weight excluding hydrogens is 259 g/mol. The zero-order valence-corrected chi connectivity index (χ0v) is 12.0. The lowest BCUT2D eigenvalue weighted by molar-refractivity contribution is 0.0516. The smallest absolute Gasteiger partial charge is 0.408 e. The summed E-state index contributed by atoms with van der Waals surface area (Å²) in [5.41, 5.74) is 5.87. The lowest BCUT2D eigenvalue weighted by atomic mass is 10.1. The monoisotopic (exact) mass is 280 g/mol. The highest BCUT2D eigenvalue weighted by atomic mass is 19.1. The first kappa shape index (κ1) is 16.2. The molecule has 20 heavy (non-hydrogen) atoms. The molecule has 1 unspecified atom stereocenters. The van der Waals surface area contributed by atoms with Crippen molar-refractivity contribution in [2.75, 3.05) is 6.54 Å². The van der Waals surface area contributed by atoms with Gasteiger partial charge in [-0.05, 0) is 38.5 Å². The Labute approximate surface area is 118 Å². The molecule has 0 aromatic heterocycles. The maximum Gasteiger partial charge on any atom is 0.408 e. The highest BCUT2D eigenvalue weighted by Gasteiger charge is 2.17. The third-order valence-electron chi connectivity index (χ3n) is 2.35. The summed E-state index contributed by atoms with van der Waals surface area (Å²) in [6.07, 6.45) is 3.00. The highest BCUT2D eigenvalue weighted by molar-refractivity contribution is 5.68. The van der Waals surface area contributed by atoms with Gasteiger partial charge in [-0.25, -0.2) is 9.18 Å². The number of rotatable bonds is 4. The molecular formula is C15H21FN2O2. The van der Waals surface area contributed by atoms with E-state index < -0.39 is 11.7 Å². The molecule has 1 aromatic carbocycles. The topological polar surface area (TPSA) is 64.3 Å². The Bertz CT molecular complexity index is 464. The first-order valence-corrected chi connectivity index (χ1v) is 6.43. The van der Waals surface area contributed by atoms with Crippen molar-refractivity contribution in [3.8, 4) is 0 Å². The van der Waals surface area contributed by atoms with Crippen LogP contribution in [0.3, 0.4) is 0 Å². The summed E-state index contributed by atoms with van der Waals surface area (Å²) in [6, 6.07) is 5.70. The number of carbonyl (C=O) groups is 1. The fraction of sp³-hybridized carbons (Fsp3) is 0.400. The van der Waals surface area contributed by atoms with Crippen molar-refractivity contribution < 1.29 is 13.9 Å². The number of nitrogens with two attached hydrogens (primary N) is 1. The van der Waals surface area contributed by atoms with Crippen LogP contribution >= 0.6 is 0 Å². The third-order valence-corrected chi connectivity index (χ3v) is 2.35. The van der Waals surface area contributed by atoms with E-state index in [2.05, 4.69) is 5.32 Å². The Hall–Kier alpha value is -1.88. The molecule has 0 aliphatic heterocycles. The maximum atomic E-state index is 12.8. The molecule has 5 heteroatoms. The molecule has 0 aliphatic carbocycles. The van der Waals surface area contributed by atoms with E-state index >= 15 is 0 Å². The Morgan fingerprint density at radius 3 is 2.50 bits per heavy atom. The Balaban J connectivity index is 2.58. The van der Waals surface area contributed by atoms with Crippen molar-refractivity contribution in [3.05, 3.63) is 41.7 Å². The molecule has 1 aromatic rings. The summed E-state index contributed by atoms with van der Waals surface area (Å²) in [4.78, 5) is 11.6. The molecule has 1 rings (SSSR count). The van der Waals surface area contributed by atoms with Gasteiger partial charge in [0.15, 0.2) is 0 Å². The summed E-state index contributed by atoms with van der Waals surface area (Å²) < 4.78 is 17.9. The van der Waals surface area contributed by atoms with Crippen molar-refractivity contribution in [1.29, 1.82) is 0 Å². The predicted molar refractivity (Wildman–Crippen MR) is 77.6 cm³/mol. The molecule has 0 bridgehead atoms. The van der Waals surface area contributed by atoms with Crippen molar-refractivity contribution in [2.45, 2.75) is 32.4 Å². The van der Waals surface area contributed by atoms with Gasteiger partial charge in [-0.3, -0.25) is 0 Å². The minimum Gasteiger partial charge on any atom is -0.444 e. The zero-order valence-electron chi connectivity index (χ0n) is 12.0. The quantitative estimate of drug-likeness (QED) is 0.891. The zero-order chi connectivity index (χ0) is 15.2. The average molecular weight is 280 g/mol. The minimum absolute atomic E-state index is 0.247. The average Bonchev–Trinajstić information content (AvgIpc) is 2.34. The van der Waals surface area contributed by atoms with Gasteiger partial charge in [0.2, 0.25) is 0 Å². The van der Waals surface area contributed by atoms with Crippen LogP contribution in [0.5, 0.6) is 0 Å². The summed E-state index contributed by atoms with van der Waals surface area (Å²) in [5.74, 6) is -0.288. The lowest BCUT2D eigenvalue weighted by Crippen LogP contribution is -2.41. The molecule has 110 valence electrons. The molecule has 0 radical (unpaired) electrons. The van der Waals surface area contributed by atoms with Gasteiger partial charge in [-0.1, -0.05) is 24.3 Å². The standard InChI is InChI=1S/C15H21FN2O2/c1-15(2,3)20-14(19)18-13(10-17)9-6-11-4-7-12(16)8-5-11/h4-9,13H,10,17H2,1-3H3,(H,18,19)/b9-6+. The molecule has 0 saturated heterocycles. The van der Waals surface area contributed by atoms with Gasteiger partial charge in [-0.2, -0.15) is 0 Å². The first-order chi connectivity index (χ1) is 9.30. The molecule has 0 aliphatic rings. The Morgan fingerprint density at radius 1 is 1.40 bits per heavy atom. The molecule has 0 heterocycles. The lowest BCUT2D eigenvalue weighted by Gasteiger charge is -2.21. The molecule has 4 nitrogen and oxygen atoms in total. The van der Waals surface area contributed by atoms with E-state index in [-0.39, 0.29) is 18.4 Å². The molecule has 3 N–H and O–H groups in total. The number of carbonyl (C=O) groups excluding carboxylic acids is 1. The van der Waals surface area contributed by atoms with E-state index in [0.29, 0.717) is 0 Å². The van der Waals surface area contributed by atoms with Gasteiger partial charge >= 0.3 is 6.09 Å². The molecule has 0 spiro atoms. The minimum atomic E-state index is -0.552. The predicted octanol–water partition coefficient (Wildman–Crippen LogP) is 2.69. The normalized spacial score (nSPS) is 13.2. The summed E-state index contributed by atoms with van der Waals surface area (Å²) in [5, 5.41) is 2.66. The van der Waals surface area contributed by atoms with Crippen molar-refractivity contribution in [1.82, 2.24) is 5.32 Å². The summed E-state index contributed by atoms with van der Waals surface area (Å²) >= 11 is 0. The van der Waals surface area contributed by atoms with Crippen LogP contribution in [-0.4, -0.2) is 24.3 Å². The largest absolute Gasteiger partial charge is 0.444 e. The van der Waals surface area contributed by atoms with E-state index in [9.17, 15) is 9.18 Å². The number of halogens is 1.